The average Bonchev–Trinajstić information content (AvgIpc) is 2.80. The van der Waals surface area contributed by atoms with Gasteiger partial charge in [-0.1, -0.05) is 48.0 Å². The maximum absolute atomic E-state index is 14.3. The third-order valence-electron chi connectivity index (χ3n) is 6.61. The van der Waals surface area contributed by atoms with Crippen molar-refractivity contribution in [2.45, 2.75) is 84.0 Å². The number of thioether (sulfide) groups is 1. The standard InChI is InChI=1S/C30H41N3O4S/c1-20-11-9-13-22(19-20)26(27(34)31-24-16-8-7-12-21(24)2)33(23-14-10-15-23)28(35)25(17-18-38-6)32-29(36)37-30(3,4)5/h7-9,11-13,16,19,23,25-26H,10,14-15,17-18H2,1-6H3,(H,31,34)(H,32,36). The van der Waals surface area contributed by atoms with Crippen LogP contribution in [0.25, 0.3) is 0 Å². The summed E-state index contributed by atoms with van der Waals surface area (Å²) in [6, 6.07) is 13.6. The number of carbonyl (C=O) groups is 3. The minimum Gasteiger partial charge on any atom is -0.444 e. The van der Waals surface area contributed by atoms with Crippen LogP contribution >= 0.6 is 11.8 Å². The highest BCUT2D eigenvalue weighted by molar-refractivity contribution is 7.98. The van der Waals surface area contributed by atoms with E-state index in [9.17, 15) is 14.4 Å². The van der Waals surface area contributed by atoms with Crippen molar-refractivity contribution in [3.8, 4) is 0 Å². The molecule has 2 N–H and O–H groups in total. The van der Waals surface area contributed by atoms with Crippen molar-refractivity contribution < 1.29 is 19.1 Å². The minimum atomic E-state index is -0.843. The van der Waals surface area contributed by atoms with Gasteiger partial charge in [-0.05, 0) is 89.5 Å². The van der Waals surface area contributed by atoms with E-state index < -0.39 is 23.8 Å². The summed E-state index contributed by atoms with van der Waals surface area (Å²) in [6.07, 6.45) is 4.37. The van der Waals surface area contributed by atoms with Crippen molar-refractivity contribution >= 4 is 35.4 Å². The number of nitrogens with one attached hydrogen (secondary N) is 2. The normalized spacial score (nSPS) is 15.1. The van der Waals surface area contributed by atoms with Crippen LogP contribution < -0.4 is 10.6 Å². The molecule has 1 saturated carbocycles. The lowest BCUT2D eigenvalue weighted by Gasteiger charge is -2.43. The molecule has 0 heterocycles. The monoisotopic (exact) mass is 539 g/mol. The van der Waals surface area contributed by atoms with Crippen molar-refractivity contribution in [3.05, 3.63) is 65.2 Å². The van der Waals surface area contributed by atoms with Crippen LogP contribution in [0.15, 0.2) is 48.5 Å². The van der Waals surface area contributed by atoms with Crippen LogP contribution in [0.2, 0.25) is 0 Å². The Morgan fingerprint density at radius 2 is 1.79 bits per heavy atom. The van der Waals surface area contributed by atoms with E-state index in [-0.39, 0.29) is 17.9 Å². The van der Waals surface area contributed by atoms with Crippen LogP contribution in [0.1, 0.15) is 69.2 Å². The fourth-order valence-electron chi connectivity index (χ4n) is 4.50. The van der Waals surface area contributed by atoms with E-state index in [1.165, 1.54) is 0 Å². The second kappa shape index (κ2) is 13.2. The number of benzene rings is 2. The first-order valence-corrected chi connectivity index (χ1v) is 14.6. The highest BCUT2D eigenvalue weighted by Crippen LogP contribution is 2.35. The van der Waals surface area contributed by atoms with Gasteiger partial charge in [-0.25, -0.2) is 4.79 Å². The number of ether oxygens (including phenoxy) is 1. The van der Waals surface area contributed by atoms with Crippen LogP contribution in [-0.2, 0) is 14.3 Å². The van der Waals surface area contributed by atoms with E-state index in [4.69, 9.17) is 4.74 Å². The molecule has 0 aliphatic heterocycles. The Labute approximate surface area is 231 Å². The predicted molar refractivity (Wildman–Crippen MR) is 154 cm³/mol. The molecule has 38 heavy (non-hydrogen) atoms. The fraction of sp³-hybridized carbons (Fsp3) is 0.500. The van der Waals surface area contributed by atoms with Crippen molar-refractivity contribution in [2.75, 3.05) is 17.3 Å². The zero-order chi connectivity index (χ0) is 27.9. The molecule has 3 amide bonds. The number of aryl methyl sites for hydroxylation is 2. The van der Waals surface area contributed by atoms with Gasteiger partial charge in [-0.3, -0.25) is 9.59 Å². The van der Waals surface area contributed by atoms with E-state index in [0.717, 1.165) is 36.0 Å². The number of anilines is 1. The molecule has 2 aromatic rings. The Hall–Kier alpha value is -3.00. The molecular formula is C30H41N3O4S. The molecule has 2 aromatic carbocycles. The van der Waals surface area contributed by atoms with Gasteiger partial charge in [0, 0.05) is 11.7 Å². The molecule has 0 radical (unpaired) electrons. The van der Waals surface area contributed by atoms with E-state index in [2.05, 4.69) is 10.6 Å². The third kappa shape index (κ3) is 8.00. The molecule has 0 aromatic heterocycles. The van der Waals surface area contributed by atoms with Gasteiger partial charge in [0.1, 0.15) is 17.7 Å². The zero-order valence-corrected chi connectivity index (χ0v) is 24.2. The lowest BCUT2D eigenvalue weighted by molar-refractivity contribution is -0.145. The van der Waals surface area contributed by atoms with Gasteiger partial charge in [-0.2, -0.15) is 11.8 Å². The fourth-order valence-corrected chi connectivity index (χ4v) is 4.97. The molecule has 0 spiro atoms. The lowest BCUT2D eigenvalue weighted by Crippen LogP contribution is -2.57. The average molecular weight is 540 g/mol. The van der Waals surface area contributed by atoms with Crippen molar-refractivity contribution in [1.29, 1.82) is 0 Å². The van der Waals surface area contributed by atoms with E-state index in [1.54, 1.807) is 37.4 Å². The molecule has 1 fully saturated rings. The largest absolute Gasteiger partial charge is 0.444 e. The van der Waals surface area contributed by atoms with E-state index in [0.29, 0.717) is 17.9 Å². The van der Waals surface area contributed by atoms with Crippen LogP contribution in [-0.4, -0.2) is 52.5 Å². The Balaban J connectivity index is 2.01. The van der Waals surface area contributed by atoms with Gasteiger partial charge in [-0.15, -0.1) is 0 Å². The van der Waals surface area contributed by atoms with Gasteiger partial charge < -0.3 is 20.3 Å². The first kappa shape index (κ1) is 29.6. The van der Waals surface area contributed by atoms with Crippen LogP contribution in [0.5, 0.6) is 0 Å². The van der Waals surface area contributed by atoms with Crippen LogP contribution in [0.3, 0.4) is 0 Å². The topological polar surface area (TPSA) is 87.7 Å². The lowest BCUT2D eigenvalue weighted by atomic mass is 9.87. The molecule has 3 rings (SSSR count). The van der Waals surface area contributed by atoms with Crippen molar-refractivity contribution in [2.24, 2.45) is 0 Å². The number of rotatable bonds is 10. The molecule has 0 bridgehead atoms. The number of amides is 3. The molecule has 1 aliphatic carbocycles. The minimum absolute atomic E-state index is 0.0900. The summed E-state index contributed by atoms with van der Waals surface area (Å²) in [5.41, 5.74) is 2.71. The van der Waals surface area contributed by atoms with Crippen molar-refractivity contribution in [3.63, 3.8) is 0 Å². The summed E-state index contributed by atoms with van der Waals surface area (Å²) in [5.74, 6) is 0.141. The molecule has 7 nitrogen and oxygen atoms in total. The summed E-state index contributed by atoms with van der Waals surface area (Å²) in [4.78, 5) is 42.7. The Morgan fingerprint density at radius 1 is 1.08 bits per heavy atom. The van der Waals surface area contributed by atoms with Gasteiger partial charge in [0.2, 0.25) is 5.91 Å². The second-order valence-corrected chi connectivity index (χ2v) is 11.9. The maximum atomic E-state index is 14.3. The van der Waals surface area contributed by atoms with Gasteiger partial charge in [0.25, 0.3) is 5.91 Å². The van der Waals surface area contributed by atoms with Gasteiger partial charge in [0.05, 0.1) is 0 Å². The van der Waals surface area contributed by atoms with Gasteiger partial charge >= 0.3 is 6.09 Å². The molecule has 8 heteroatoms. The second-order valence-electron chi connectivity index (χ2n) is 10.9. The summed E-state index contributed by atoms with van der Waals surface area (Å²) in [5, 5.41) is 5.88. The van der Waals surface area contributed by atoms with Crippen LogP contribution in [0, 0.1) is 13.8 Å². The Kier molecular flexibility index (Phi) is 10.3. The quantitative estimate of drug-likeness (QED) is 0.386. The Morgan fingerprint density at radius 3 is 2.37 bits per heavy atom. The molecule has 0 saturated heterocycles. The molecular weight excluding hydrogens is 498 g/mol. The number of nitrogens with zero attached hydrogens (tertiary/aromatic N) is 1. The highest BCUT2D eigenvalue weighted by atomic mass is 32.2. The third-order valence-corrected chi connectivity index (χ3v) is 7.25. The number of alkyl carbamates (subject to hydrolysis) is 1. The SMILES string of the molecule is CSCCC(NC(=O)OC(C)(C)C)C(=O)N(C1CCC1)C(C(=O)Nc1ccccc1C)c1cccc(C)c1. The highest BCUT2D eigenvalue weighted by Gasteiger charge is 2.42. The van der Waals surface area contributed by atoms with E-state index in [1.807, 2.05) is 68.6 Å². The number of carbonyl (C=O) groups excluding carboxylic acids is 3. The van der Waals surface area contributed by atoms with Crippen molar-refractivity contribution in [1.82, 2.24) is 10.2 Å². The first-order valence-electron chi connectivity index (χ1n) is 13.2. The van der Waals surface area contributed by atoms with Gasteiger partial charge in [0.15, 0.2) is 0 Å². The number of hydrogen-bond donors (Lipinski definition) is 2. The summed E-state index contributed by atoms with van der Waals surface area (Å²) in [6.45, 7) is 9.27. The maximum Gasteiger partial charge on any atom is 0.408 e. The predicted octanol–water partition coefficient (Wildman–Crippen LogP) is 6.01. The van der Waals surface area contributed by atoms with Crippen LogP contribution in [0.4, 0.5) is 10.5 Å². The summed E-state index contributed by atoms with van der Waals surface area (Å²) < 4.78 is 5.47. The number of para-hydroxylation sites is 1. The summed E-state index contributed by atoms with van der Waals surface area (Å²) >= 11 is 1.60. The molecule has 2 unspecified atom stereocenters. The Bertz CT molecular complexity index is 1130. The smallest absolute Gasteiger partial charge is 0.408 e. The summed E-state index contributed by atoms with van der Waals surface area (Å²) in [7, 11) is 0. The first-order chi connectivity index (χ1) is 18.0. The zero-order valence-electron chi connectivity index (χ0n) is 23.4. The number of hydrogen-bond acceptors (Lipinski definition) is 5. The molecule has 206 valence electrons. The molecule has 2 atom stereocenters. The molecule has 1 aliphatic rings. The van der Waals surface area contributed by atoms with E-state index >= 15 is 0 Å².